The number of rotatable bonds is 8. The van der Waals surface area contributed by atoms with Gasteiger partial charge in [-0.3, -0.25) is 4.79 Å². The summed E-state index contributed by atoms with van der Waals surface area (Å²) in [6, 6.07) is 7.20. The molecule has 1 aliphatic rings. The second kappa shape index (κ2) is 12.0. The van der Waals surface area contributed by atoms with Crippen molar-refractivity contribution < 1.29 is 40.6 Å². The van der Waals surface area contributed by atoms with Crippen LogP contribution in [0.5, 0.6) is 11.5 Å². The quantitative estimate of drug-likeness (QED) is 0.123. The van der Waals surface area contributed by atoms with Crippen molar-refractivity contribution in [3.63, 3.8) is 0 Å². The Hall–Kier alpha value is -3.75. The van der Waals surface area contributed by atoms with E-state index in [-0.39, 0.29) is 42.7 Å². The summed E-state index contributed by atoms with van der Waals surface area (Å²) in [7, 11) is 0. The normalized spacial score (nSPS) is 15.2. The Morgan fingerprint density at radius 3 is 2.05 bits per heavy atom. The van der Waals surface area contributed by atoms with Crippen LogP contribution in [0.3, 0.4) is 0 Å². The second-order valence-corrected chi connectivity index (χ2v) is 9.36. The van der Waals surface area contributed by atoms with E-state index in [1.807, 2.05) is 6.92 Å². The monoisotopic (exact) mass is 548 g/mol. The molecular weight excluding hydrogens is 522 g/mol. The summed E-state index contributed by atoms with van der Waals surface area (Å²) in [6.45, 7) is 3.48. The zero-order valence-electron chi connectivity index (χ0n) is 21.4. The maximum Gasteiger partial charge on any atom is 0.314 e. The first-order chi connectivity index (χ1) is 18.6. The number of allylic oxidation sites excluding steroid dienone is 2. The van der Waals surface area contributed by atoms with E-state index >= 15 is 8.78 Å². The number of hydrogen-bond donors (Lipinski definition) is 0. The van der Waals surface area contributed by atoms with Gasteiger partial charge in [0.25, 0.3) is 0 Å². The van der Waals surface area contributed by atoms with Crippen LogP contribution in [-0.2, 0) is 4.79 Å². The molecule has 0 N–H and O–H groups in total. The van der Waals surface area contributed by atoms with E-state index in [9.17, 15) is 22.4 Å². The van der Waals surface area contributed by atoms with Gasteiger partial charge in [0.05, 0.1) is 12.5 Å². The first-order valence-electron chi connectivity index (χ1n) is 12.6. The number of carbonyl (C=O) groups excluding carboxylic acids is 1. The number of carbonyl (C=O) groups is 1. The van der Waals surface area contributed by atoms with Crippen molar-refractivity contribution in [3.8, 4) is 22.6 Å². The minimum absolute atomic E-state index is 0.0686. The molecule has 0 aliphatic heterocycles. The van der Waals surface area contributed by atoms with Gasteiger partial charge in [-0.15, -0.1) is 0 Å². The lowest BCUT2D eigenvalue weighted by atomic mass is 9.86. The van der Waals surface area contributed by atoms with E-state index in [1.54, 1.807) is 6.08 Å². The fourth-order valence-corrected chi connectivity index (χ4v) is 4.37. The van der Waals surface area contributed by atoms with E-state index in [2.05, 4.69) is 0 Å². The highest BCUT2D eigenvalue weighted by molar-refractivity contribution is 5.78. The van der Waals surface area contributed by atoms with Crippen molar-refractivity contribution in [2.45, 2.75) is 46.0 Å². The lowest BCUT2D eigenvalue weighted by molar-refractivity contribution is -0.139. The molecule has 39 heavy (non-hydrogen) atoms. The molecule has 0 radical (unpaired) electrons. The van der Waals surface area contributed by atoms with E-state index in [0.29, 0.717) is 12.0 Å². The lowest BCUT2D eigenvalue weighted by Gasteiger charge is -2.22. The fraction of sp³-hybridized carbons (Fsp3) is 0.300. The first-order valence-corrected chi connectivity index (χ1v) is 12.6. The highest BCUT2D eigenvalue weighted by Crippen LogP contribution is 2.37. The molecule has 206 valence electrons. The van der Waals surface area contributed by atoms with Gasteiger partial charge in [0.15, 0.2) is 34.8 Å². The van der Waals surface area contributed by atoms with Crippen LogP contribution in [0.2, 0.25) is 0 Å². The molecule has 0 aromatic heterocycles. The van der Waals surface area contributed by atoms with Crippen LogP contribution < -0.4 is 9.47 Å². The molecule has 3 nitrogen and oxygen atoms in total. The van der Waals surface area contributed by atoms with Crippen LogP contribution in [0.1, 0.15) is 50.2 Å². The molecule has 0 saturated carbocycles. The standard InChI is InChI=1S/C30H26F6O3/c1-3-4-15-38-22-14-12-21(27(34)28(22)35)20-11-10-19(25(32)26(20)33)17-6-8-18(9-7-17)30(37)39-23-13-5-16(2)24(31)29(23)36/h5-6,10-14,18H,3-4,7-9,15H2,1-2H3. The predicted octanol–water partition coefficient (Wildman–Crippen LogP) is 8.46. The smallest absolute Gasteiger partial charge is 0.314 e. The van der Waals surface area contributed by atoms with Gasteiger partial charge in [0.2, 0.25) is 11.6 Å². The zero-order valence-corrected chi connectivity index (χ0v) is 21.4. The van der Waals surface area contributed by atoms with Crippen LogP contribution in [0.4, 0.5) is 26.3 Å². The number of benzene rings is 3. The summed E-state index contributed by atoms with van der Waals surface area (Å²) in [6.07, 6.45) is 3.46. The van der Waals surface area contributed by atoms with Gasteiger partial charge in [-0.2, -0.15) is 8.78 Å². The number of halogens is 6. The Balaban J connectivity index is 1.50. The molecule has 0 heterocycles. The molecule has 3 aromatic carbocycles. The van der Waals surface area contributed by atoms with Crippen molar-refractivity contribution >= 4 is 11.5 Å². The summed E-state index contributed by atoms with van der Waals surface area (Å²) in [5.41, 5.74) is -0.480. The van der Waals surface area contributed by atoms with Crippen molar-refractivity contribution in [1.29, 1.82) is 0 Å². The van der Waals surface area contributed by atoms with E-state index in [0.717, 1.165) is 18.6 Å². The van der Waals surface area contributed by atoms with Crippen molar-refractivity contribution in [2.75, 3.05) is 6.61 Å². The van der Waals surface area contributed by atoms with Gasteiger partial charge in [0, 0.05) is 16.7 Å². The maximum atomic E-state index is 15.1. The second-order valence-electron chi connectivity index (χ2n) is 9.36. The Morgan fingerprint density at radius 1 is 0.795 bits per heavy atom. The summed E-state index contributed by atoms with van der Waals surface area (Å²) in [5.74, 6) is -9.87. The average Bonchev–Trinajstić information content (AvgIpc) is 2.93. The van der Waals surface area contributed by atoms with E-state index < -0.39 is 63.7 Å². The molecule has 9 heteroatoms. The summed E-state index contributed by atoms with van der Waals surface area (Å²) in [4.78, 5) is 12.5. The van der Waals surface area contributed by atoms with Gasteiger partial charge in [-0.25, -0.2) is 17.6 Å². The van der Waals surface area contributed by atoms with Gasteiger partial charge < -0.3 is 9.47 Å². The largest absolute Gasteiger partial charge is 0.490 e. The predicted molar refractivity (Wildman–Crippen MR) is 134 cm³/mol. The molecule has 1 unspecified atom stereocenters. The maximum absolute atomic E-state index is 15.1. The number of esters is 1. The number of hydrogen-bond acceptors (Lipinski definition) is 3. The SMILES string of the molecule is CCCCOc1ccc(-c2ccc(C3=CCC(C(=O)Oc4ccc(C)c(F)c4F)CC3)c(F)c2F)c(F)c1F. The minimum Gasteiger partial charge on any atom is -0.490 e. The molecule has 3 aromatic rings. The molecule has 0 bridgehead atoms. The molecule has 4 rings (SSSR count). The molecule has 0 fully saturated rings. The molecule has 0 saturated heterocycles. The topological polar surface area (TPSA) is 35.5 Å². The van der Waals surface area contributed by atoms with Gasteiger partial charge >= 0.3 is 5.97 Å². The van der Waals surface area contributed by atoms with Gasteiger partial charge in [-0.1, -0.05) is 37.6 Å². The van der Waals surface area contributed by atoms with E-state index in [1.165, 1.54) is 31.2 Å². The Labute approximate surface area is 222 Å². The minimum atomic E-state index is -1.35. The van der Waals surface area contributed by atoms with Crippen LogP contribution in [0.25, 0.3) is 16.7 Å². The van der Waals surface area contributed by atoms with Crippen molar-refractivity contribution in [1.82, 2.24) is 0 Å². The molecular formula is C30H26F6O3. The van der Waals surface area contributed by atoms with Crippen molar-refractivity contribution in [3.05, 3.63) is 88.5 Å². The fourth-order valence-electron chi connectivity index (χ4n) is 4.37. The van der Waals surface area contributed by atoms with Crippen LogP contribution in [-0.4, -0.2) is 12.6 Å². The lowest BCUT2D eigenvalue weighted by Crippen LogP contribution is -2.23. The third-order valence-corrected chi connectivity index (χ3v) is 6.72. The van der Waals surface area contributed by atoms with Gasteiger partial charge in [0.1, 0.15) is 0 Å². The van der Waals surface area contributed by atoms with Crippen molar-refractivity contribution in [2.24, 2.45) is 5.92 Å². The molecule has 0 amide bonds. The number of aryl methyl sites for hydroxylation is 1. The Bertz CT molecular complexity index is 1430. The summed E-state index contributed by atoms with van der Waals surface area (Å²) < 4.78 is 97.4. The van der Waals surface area contributed by atoms with Crippen LogP contribution in [0.15, 0.2) is 42.5 Å². The Morgan fingerprint density at radius 2 is 1.38 bits per heavy atom. The van der Waals surface area contributed by atoms with Gasteiger partial charge in [-0.05, 0) is 61.9 Å². The molecule has 0 spiro atoms. The highest BCUT2D eigenvalue weighted by atomic mass is 19.2. The highest BCUT2D eigenvalue weighted by Gasteiger charge is 2.28. The van der Waals surface area contributed by atoms with E-state index in [4.69, 9.17) is 9.47 Å². The molecule has 1 atom stereocenters. The molecule has 1 aliphatic carbocycles. The number of unbranched alkanes of at least 4 members (excludes halogenated alkanes) is 1. The third-order valence-electron chi connectivity index (χ3n) is 6.72. The Kier molecular flexibility index (Phi) is 8.67. The van der Waals surface area contributed by atoms with Crippen LogP contribution >= 0.6 is 0 Å². The van der Waals surface area contributed by atoms with Crippen LogP contribution in [0, 0.1) is 47.7 Å². The first kappa shape index (κ1) is 28.3. The third kappa shape index (κ3) is 5.82. The zero-order chi connectivity index (χ0) is 28.3. The summed E-state index contributed by atoms with van der Waals surface area (Å²) >= 11 is 0. The average molecular weight is 549 g/mol. The summed E-state index contributed by atoms with van der Waals surface area (Å²) in [5, 5.41) is 0. The number of ether oxygens (including phenoxy) is 2.